The van der Waals surface area contributed by atoms with Crippen LogP contribution in [0.15, 0.2) is 47.4 Å². The number of methoxy groups -OCH3 is 1. The molecule has 1 fully saturated rings. The van der Waals surface area contributed by atoms with E-state index >= 15 is 0 Å². The number of benzene rings is 1. The highest BCUT2D eigenvalue weighted by molar-refractivity contribution is 6.07. The SMILES string of the molecule is COc1cc(C(=O)N2CCc3c2ccc(F)c3F)cc(N2CCC(n3c(=O)[nH]c4ncccc43)CC2)n1. The molecule has 4 aromatic rings. The topological polar surface area (TPSA) is 96.3 Å². The number of hydrogen-bond donors (Lipinski definition) is 1. The maximum atomic E-state index is 14.2. The Hall–Kier alpha value is -4.28. The van der Waals surface area contributed by atoms with E-state index in [2.05, 4.69) is 19.9 Å². The van der Waals surface area contributed by atoms with Crippen molar-refractivity contribution in [3.05, 3.63) is 75.8 Å². The van der Waals surface area contributed by atoms with Gasteiger partial charge in [0.15, 0.2) is 17.3 Å². The molecule has 0 bridgehead atoms. The first-order chi connectivity index (χ1) is 17.9. The minimum absolute atomic E-state index is 0.00445. The van der Waals surface area contributed by atoms with Gasteiger partial charge < -0.3 is 14.5 Å². The second-order valence-corrected chi connectivity index (χ2v) is 9.21. The predicted molar refractivity (Wildman–Crippen MR) is 133 cm³/mol. The van der Waals surface area contributed by atoms with Crippen molar-refractivity contribution < 1.29 is 18.3 Å². The molecule has 1 amide bonds. The van der Waals surface area contributed by atoms with Crippen LogP contribution in [0.1, 0.15) is 34.8 Å². The number of imidazole rings is 1. The quantitative estimate of drug-likeness (QED) is 0.456. The van der Waals surface area contributed by atoms with Crippen LogP contribution in [-0.2, 0) is 6.42 Å². The van der Waals surface area contributed by atoms with Crippen molar-refractivity contribution >= 4 is 28.6 Å². The molecule has 11 heteroatoms. The first-order valence-electron chi connectivity index (χ1n) is 12.1. The van der Waals surface area contributed by atoms with Gasteiger partial charge in [-0.3, -0.25) is 14.3 Å². The second kappa shape index (κ2) is 8.99. The summed E-state index contributed by atoms with van der Waals surface area (Å²) in [4.78, 5) is 41.1. The van der Waals surface area contributed by atoms with E-state index in [0.29, 0.717) is 48.6 Å². The number of anilines is 2. The Morgan fingerprint density at radius 2 is 1.95 bits per heavy atom. The van der Waals surface area contributed by atoms with Crippen LogP contribution in [0.25, 0.3) is 11.2 Å². The van der Waals surface area contributed by atoms with Crippen molar-refractivity contribution in [2.75, 3.05) is 36.5 Å². The largest absolute Gasteiger partial charge is 0.481 e. The minimum atomic E-state index is -0.921. The molecule has 0 spiro atoms. The highest BCUT2D eigenvalue weighted by Gasteiger charge is 2.31. The summed E-state index contributed by atoms with van der Waals surface area (Å²) in [6.45, 7) is 1.50. The van der Waals surface area contributed by atoms with Crippen LogP contribution in [0.2, 0.25) is 0 Å². The normalized spacial score (nSPS) is 15.9. The zero-order valence-electron chi connectivity index (χ0n) is 20.1. The number of amides is 1. The predicted octanol–water partition coefficient (Wildman–Crippen LogP) is 3.45. The lowest BCUT2D eigenvalue weighted by atomic mass is 10.0. The van der Waals surface area contributed by atoms with Crippen LogP contribution in [-0.4, -0.2) is 52.2 Å². The van der Waals surface area contributed by atoms with Gasteiger partial charge in [-0.15, -0.1) is 0 Å². The third-order valence-electron chi connectivity index (χ3n) is 7.18. The van der Waals surface area contributed by atoms with Gasteiger partial charge in [-0.05, 0) is 49.6 Å². The molecule has 0 aliphatic carbocycles. The molecule has 190 valence electrons. The highest BCUT2D eigenvalue weighted by atomic mass is 19.2. The van der Waals surface area contributed by atoms with Crippen molar-refractivity contribution in [1.82, 2.24) is 19.5 Å². The lowest BCUT2D eigenvalue weighted by Crippen LogP contribution is -2.37. The molecule has 5 heterocycles. The Morgan fingerprint density at radius 3 is 2.73 bits per heavy atom. The van der Waals surface area contributed by atoms with Gasteiger partial charge in [-0.2, -0.15) is 4.98 Å². The molecule has 0 unspecified atom stereocenters. The van der Waals surface area contributed by atoms with Crippen LogP contribution >= 0.6 is 0 Å². The van der Waals surface area contributed by atoms with Crippen molar-refractivity contribution in [3.8, 4) is 5.88 Å². The van der Waals surface area contributed by atoms with E-state index in [1.807, 2.05) is 12.1 Å². The monoisotopic (exact) mass is 506 g/mol. The summed E-state index contributed by atoms with van der Waals surface area (Å²) in [5.41, 5.74) is 2.10. The number of hydrogen-bond acceptors (Lipinski definition) is 6. The van der Waals surface area contributed by atoms with Crippen LogP contribution in [0.5, 0.6) is 5.88 Å². The second-order valence-electron chi connectivity index (χ2n) is 9.21. The van der Waals surface area contributed by atoms with E-state index < -0.39 is 11.6 Å². The molecule has 1 aromatic carbocycles. The van der Waals surface area contributed by atoms with Crippen LogP contribution in [0.4, 0.5) is 20.3 Å². The van der Waals surface area contributed by atoms with Crippen molar-refractivity contribution in [2.24, 2.45) is 0 Å². The fourth-order valence-corrected chi connectivity index (χ4v) is 5.34. The van der Waals surface area contributed by atoms with Crippen molar-refractivity contribution in [3.63, 3.8) is 0 Å². The first kappa shape index (κ1) is 23.1. The molecule has 3 aromatic heterocycles. The molecule has 1 N–H and O–H groups in total. The number of nitrogens with one attached hydrogen (secondary N) is 1. The standard InChI is InChI=1S/C26H24F2N6O3/c1-37-22-14-15(25(35)33-12-8-17-19(33)5-4-18(27)23(17)28)13-21(30-22)32-10-6-16(7-11-32)34-20-3-2-9-29-24(20)31-26(34)36/h2-5,9,13-14,16H,6-8,10-12H2,1H3,(H,29,31,36). The number of aromatic amines is 1. The number of rotatable bonds is 4. The molecule has 0 saturated carbocycles. The number of fused-ring (bicyclic) bond motifs is 2. The molecular formula is C26H24F2N6O3. The summed E-state index contributed by atoms with van der Waals surface area (Å²) in [5, 5.41) is 0. The van der Waals surface area contributed by atoms with Crippen LogP contribution in [0, 0.1) is 11.6 Å². The van der Waals surface area contributed by atoms with Gasteiger partial charge in [0.2, 0.25) is 5.88 Å². The van der Waals surface area contributed by atoms with Gasteiger partial charge >= 0.3 is 5.69 Å². The van der Waals surface area contributed by atoms with E-state index in [-0.39, 0.29) is 42.0 Å². The molecule has 0 atom stereocenters. The highest BCUT2D eigenvalue weighted by Crippen LogP contribution is 2.34. The Morgan fingerprint density at radius 1 is 1.14 bits per heavy atom. The number of carbonyl (C=O) groups excluding carboxylic acids is 1. The van der Waals surface area contributed by atoms with E-state index in [9.17, 15) is 18.4 Å². The summed E-state index contributed by atoms with van der Waals surface area (Å²) in [6.07, 6.45) is 3.30. The number of piperidine rings is 1. The third kappa shape index (κ3) is 3.90. The van der Waals surface area contributed by atoms with Gasteiger partial charge in [-0.1, -0.05) is 0 Å². The van der Waals surface area contributed by atoms with Crippen molar-refractivity contribution in [1.29, 1.82) is 0 Å². The number of H-pyrrole nitrogens is 1. The average Bonchev–Trinajstić information content (AvgIpc) is 3.51. The smallest absolute Gasteiger partial charge is 0.327 e. The van der Waals surface area contributed by atoms with Crippen molar-refractivity contribution in [2.45, 2.75) is 25.3 Å². The first-order valence-corrected chi connectivity index (χ1v) is 12.1. The van der Waals surface area contributed by atoms with E-state index in [1.165, 1.54) is 18.1 Å². The molecule has 37 heavy (non-hydrogen) atoms. The van der Waals surface area contributed by atoms with Gasteiger partial charge in [0.25, 0.3) is 5.91 Å². The maximum absolute atomic E-state index is 14.2. The fraction of sp³-hybridized carbons (Fsp3) is 0.308. The molecule has 0 radical (unpaired) electrons. The van der Waals surface area contributed by atoms with Crippen LogP contribution < -0.4 is 20.2 Å². The lowest BCUT2D eigenvalue weighted by Gasteiger charge is -2.33. The van der Waals surface area contributed by atoms with E-state index in [0.717, 1.165) is 11.6 Å². The Balaban J connectivity index is 1.25. The minimum Gasteiger partial charge on any atom is -0.481 e. The van der Waals surface area contributed by atoms with Crippen LogP contribution in [0.3, 0.4) is 0 Å². The molecule has 1 saturated heterocycles. The Bertz CT molecular complexity index is 1570. The Kier molecular flexibility index (Phi) is 5.62. The third-order valence-corrected chi connectivity index (χ3v) is 7.18. The van der Waals surface area contributed by atoms with Gasteiger partial charge in [0.05, 0.1) is 18.3 Å². The lowest BCUT2D eigenvalue weighted by molar-refractivity contribution is 0.0989. The number of carbonyl (C=O) groups is 1. The molecule has 6 rings (SSSR count). The summed E-state index contributed by atoms with van der Waals surface area (Å²) >= 11 is 0. The molecule has 2 aliphatic heterocycles. The summed E-state index contributed by atoms with van der Waals surface area (Å²) in [5.74, 6) is -1.30. The summed E-state index contributed by atoms with van der Waals surface area (Å²) in [6, 6.07) is 9.42. The number of nitrogens with zero attached hydrogens (tertiary/aromatic N) is 5. The maximum Gasteiger partial charge on any atom is 0.327 e. The fourth-order valence-electron chi connectivity index (χ4n) is 5.34. The van der Waals surface area contributed by atoms with Gasteiger partial charge in [0.1, 0.15) is 5.82 Å². The number of halogens is 2. The number of pyridine rings is 2. The van der Waals surface area contributed by atoms with E-state index in [4.69, 9.17) is 4.74 Å². The van der Waals surface area contributed by atoms with Gasteiger partial charge in [0, 0.05) is 49.1 Å². The molecule has 9 nitrogen and oxygen atoms in total. The number of ether oxygens (including phenoxy) is 1. The molecule has 2 aliphatic rings. The Labute approximate surface area is 210 Å². The van der Waals surface area contributed by atoms with E-state index in [1.54, 1.807) is 22.9 Å². The molecular weight excluding hydrogens is 482 g/mol. The summed E-state index contributed by atoms with van der Waals surface area (Å²) in [7, 11) is 1.48. The summed E-state index contributed by atoms with van der Waals surface area (Å²) < 4.78 is 35.0. The van der Waals surface area contributed by atoms with Gasteiger partial charge in [-0.25, -0.2) is 18.6 Å². The zero-order chi connectivity index (χ0) is 25.7. The zero-order valence-corrected chi connectivity index (χ0v) is 20.1. The number of aromatic nitrogens is 4. The average molecular weight is 507 g/mol.